The van der Waals surface area contributed by atoms with Crippen molar-refractivity contribution in [3.63, 3.8) is 0 Å². The van der Waals surface area contributed by atoms with Gasteiger partial charge in [0.1, 0.15) is 11.2 Å². The quantitative estimate of drug-likeness (QED) is 0.172. The SMILES string of the molecule is c1ccc2c(c1)-c1ccccc1C21c2ccccc2-c2ccc(-c3ccc(-c4ccc5oc6cccc(-c7nc(-c8ccc9c(c8)sc8ccccc89)nc(-c8cccc9sc%10ccccc%10c89)n7)c6c5c4)cc3)cc21. The van der Waals surface area contributed by atoms with E-state index in [0.717, 1.165) is 55.1 Å². The third kappa shape index (κ3) is 5.91. The minimum Gasteiger partial charge on any atom is -0.456 e. The van der Waals surface area contributed by atoms with Crippen molar-refractivity contribution in [3.8, 4) is 78.7 Å². The zero-order chi connectivity index (χ0) is 49.6. The Morgan fingerprint density at radius 2 is 0.763 bits per heavy atom. The molecule has 0 radical (unpaired) electrons. The van der Waals surface area contributed by atoms with Crippen LogP contribution in [-0.4, -0.2) is 15.0 Å². The van der Waals surface area contributed by atoms with E-state index in [-0.39, 0.29) is 5.41 Å². The summed E-state index contributed by atoms with van der Waals surface area (Å²) in [6.07, 6.45) is 0. The van der Waals surface area contributed by atoms with Crippen LogP contribution in [0.2, 0.25) is 0 Å². The van der Waals surface area contributed by atoms with Crippen LogP contribution in [0.1, 0.15) is 22.3 Å². The van der Waals surface area contributed by atoms with Crippen LogP contribution < -0.4 is 0 Å². The number of furan rings is 1. The molecule has 4 heterocycles. The summed E-state index contributed by atoms with van der Waals surface area (Å²) < 4.78 is 11.6. The Morgan fingerprint density at radius 3 is 1.47 bits per heavy atom. The first kappa shape index (κ1) is 42.1. The van der Waals surface area contributed by atoms with Gasteiger partial charge in [-0.05, 0) is 115 Å². The molecule has 0 amide bonds. The van der Waals surface area contributed by atoms with E-state index < -0.39 is 0 Å². The first-order chi connectivity index (χ1) is 37.6. The number of nitrogens with zero attached hydrogens (tertiary/aromatic N) is 3. The molecule has 0 bridgehead atoms. The van der Waals surface area contributed by atoms with E-state index in [9.17, 15) is 0 Å². The van der Waals surface area contributed by atoms with Crippen molar-refractivity contribution in [2.75, 3.05) is 0 Å². The van der Waals surface area contributed by atoms with Crippen LogP contribution in [0.3, 0.4) is 0 Å². The van der Waals surface area contributed by atoms with Crippen molar-refractivity contribution in [2.24, 2.45) is 0 Å². The topological polar surface area (TPSA) is 51.8 Å². The fourth-order valence-electron chi connectivity index (χ4n) is 12.9. The maximum absolute atomic E-state index is 6.66. The van der Waals surface area contributed by atoms with E-state index in [0.29, 0.717) is 17.5 Å². The largest absolute Gasteiger partial charge is 0.456 e. The minimum atomic E-state index is -0.387. The summed E-state index contributed by atoms with van der Waals surface area (Å²) in [5, 5.41) is 6.83. The van der Waals surface area contributed by atoms with Gasteiger partial charge < -0.3 is 4.42 Å². The number of benzene rings is 11. The molecule has 0 N–H and O–H groups in total. The summed E-state index contributed by atoms with van der Waals surface area (Å²) >= 11 is 3.60. The number of hydrogen-bond acceptors (Lipinski definition) is 6. The van der Waals surface area contributed by atoms with E-state index >= 15 is 0 Å². The Labute approximate surface area is 444 Å². The second kappa shape index (κ2) is 15.8. The molecule has 0 atom stereocenters. The van der Waals surface area contributed by atoms with Crippen molar-refractivity contribution in [1.29, 1.82) is 0 Å². The van der Waals surface area contributed by atoms with Crippen LogP contribution >= 0.6 is 22.7 Å². The summed E-state index contributed by atoms with van der Waals surface area (Å²) in [4.78, 5) is 16.1. The molecule has 0 aliphatic heterocycles. The molecule has 6 heteroatoms. The predicted molar refractivity (Wildman–Crippen MR) is 316 cm³/mol. The van der Waals surface area contributed by atoms with E-state index in [1.807, 2.05) is 12.1 Å². The lowest BCUT2D eigenvalue weighted by atomic mass is 9.70. The van der Waals surface area contributed by atoms with Gasteiger partial charge in [-0.2, -0.15) is 0 Å². The number of fused-ring (bicyclic) bond motifs is 19. The predicted octanol–water partition coefficient (Wildman–Crippen LogP) is 19.2. The maximum Gasteiger partial charge on any atom is 0.164 e. The zero-order valence-electron chi connectivity index (χ0n) is 40.6. The van der Waals surface area contributed by atoms with Crippen molar-refractivity contribution in [3.05, 3.63) is 259 Å². The molecule has 0 saturated heterocycles. The van der Waals surface area contributed by atoms with Crippen LogP contribution in [0, 0.1) is 0 Å². The van der Waals surface area contributed by atoms with Gasteiger partial charge in [0.05, 0.1) is 5.41 Å². The van der Waals surface area contributed by atoms with Gasteiger partial charge in [0.25, 0.3) is 0 Å². The molecule has 17 rings (SSSR count). The van der Waals surface area contributed by atoms with Gasteiger partial charge in [0.2, 0.25) is 0 Å². The van der Waals surface area contributed by atoms with Crippen molar-refractivity contribution >= 4 is 85.0 Å². The molecule has 4 aromatic heterocycles. The summed E-state index contributed by atoms with van der Waals surface area (Å²) in [6.45, 7) is 0. The van der Waals surface area contributed by atoms with Gasteiger partial charge in [-0.3, -0.25) is 0 Å². The van der Waals surface area contributed by atoms with Crippen molar-refractivity contribution < 1.29 is 4.42 Å². The Bertz CT molecular complexity index is 4900. The van der Waals surface area contributed by atoms with Gasteiger partial charge in [-0.15, -0.1) is 22.7 Å². The van der Waals surface area contributed by atoms with Crippen LogP contribution in [0.25, 0.3) is 141 Å². The highest BCUT2D eigenvalue weighted by Crippen LogP contribution is 2.63. The number of thiophene rings is 2. The van der Waals surface area contributed by atoms with Crippen molar-refractivity contribution in [1.82, 2.24) is 15.0 Å². The molecular formula is C70H39N3OS2. The molecular weight excluding hydrogens is 963 g/mol. The zero-order valence-corrected chi connectivity index (χ0v) is 42.2. The lowest BCUT2D eigenvalue weighted by molar-refractivity contribution is 0.669. The molecule has 2 aliphatic carbocycles. The fourth-order valence-corrected chi connectivity index (χ4v) is 15.2. The normalized spacial score (nSPS) is 13.1. The second-order valence-corrected chi connectivity index (χ2v) is 22.3. The first-order valence-corrected chi connectivity index (χ1v) is 27.4. The Morgan fingerprint density at radius 1 is 0.276 bits per heavy atom. The van der Waals surface area contributed by atoms with Crippen LogP contribution in [0.15, 0.2) is 241 Å². The molecule has 2 aliphatic rings. The average molecular weight is 1000 g/mol. The van der Waals surface area contributed by atoms with Gasteiger partial charge in [0.15, 0.2) is 17.5 Å². The number of hydrogen-bond donors (Lipinski definition) is 0. The first-order valence-electron chi connectivity index (χ1n) is 25.7. The lowest BCUT2D eigenvalue weighted by Crippen LogP contribution is -2.25. The fraction of sp³-hybridized carbons (Fsp3) is 0.0143. The third-order valence-electron chi connectivity index (χ3n) is 16.2. The summed E-state index contributed by atoms with van der Waals surface area (Å²) in [5.74, 6) is 1.86. The number of rotatable bonds is 5. The number of aromatic nitrogens is 3. The van der Waals surface area contributed by atoms with Gasteiger partial charge in [-0.1, -0.05) is 188 Å². The Kier molecular flexibility index (Phi) is 8.77. The van der Waals surface area contributed by atoms with Gasteiger partial charge in [-0.25, -0.2) is 15.0 Å². The smallest absolute Gasteiger partial charge is 0.164 e. The standard InChI is InChI=1S/C70H39N3OS2/c1-6-20-55-45(13-1)46-14-2-7-21-56(46)70(55)57-22-8-3-15-47(57)48-34-31-43(38-58(48)70)41-29-27-40(28-30-41)42-33-36-59-54(37-42)65-52(18-11-23-60(65)74-59)68-71-67(44-32-35-50-49-16-4-9-24-61(49)76-64(50)39-44)72-69(73-68)53-19-12-26-63-66(53)51-17-5-10-25-62(51)75-63/h1-39H. The molecule has 0 saturated carbocycles. The van der Waals surface area contributed by atoms with E-state index in [1.54, 1.807) is 22.7 Å². The van der Waals surface area contributed by atoms with Crippen molar-refractivity contribution in [2.45, 2.75) is 5.41 Å². The van der Waals surface area contributed by atoms with Gasteiger partial charge >= 0.3 is 0 Å². The Balaban J connectivity index is 0.793. The molecule has 76 heavy (non-hydrogen) atoms. The highest BCUT2D eigenvalue weighted by atomic mass is 32.1. The molecule has 0 unspecified atom stereocenters. The van der Waals surface area contributed by atoms with Crippen LogP contribution in [0.5, 0.6) is 0 Å². The molecule has 1 spiro atoms. The molecule has 11 aromatic carbocycles. The molecule has 4 nitrogen and oxygen atoms in total. The molecule has 15 aromatic rings. The molecule has 0 fully saturated rings. The van der Waals surface area contributed by atoms with E-state index in [1.165, 1.54) is 90.6 Å². The van der Waals surface area contributed by atoms with Crippen LogP contribution in [-0.2, 0) is 5.41 Å². The van der Waals surface area contributed by atoms with Crippen LogP contribution in [0.4, 0.5) is 0 Å². The highest BCUT2D eigenvalue weighted by molar-refractivity contribution is 7.26. The summed E-state index contributed by atoms with van der Waals surface area (Å²) in [6, 6.07) is 86.2. The molecule has 352 valence electrons. The third-order valence-corrected chi connectivity index (χ3v) is 18.5. The summed E-state index contributed by atoms with van der Waals surface area (Å²) in [7, 11) is 0. The second-order valence-electron chi connectivity index (χ2n) is 20.1. The maximum atomic E-state index is 6.66. The summed E-state index contributed by atoms with van der Waals surface area (Å²) in [5.41, 5.74) is 19.3. The van der Waals surface area contributed by atoms with E-state index in [2.05, 4.69) is 224 Å². The lowest BCUT2D eigenvalue weighted by Gasteiger charge is -2.30. The monoisotopic (exact) mass is 1000 g/mol. The Hall–Kier alpha value is -9.33. The minimum absolute atomic E-state index is 0.387. The van der Waals surface area contributed by atoms with E-state index in [4.69, 9.17) is 19.4 Å². The average Bonchev–Trinajstić information content (AvgIpc) is 4.34. The van der Waals surface area contributed by atoms with Gasteiger partial charge in [0, 0.05) is 67.8 Å². The highest BCUT2D eigenvalue weighted by Gasteiger charge is 2.51.